The lowest BCUT2D eigenvalue weighted by Gasteiger charge is -2.29. The summed E-state index contributed by atoms with van der Waals surface area (Å²) in [6.07, 6.45) is 0. The fraction of sp³-hybridized carbons (Fsp3) is 0.250. The Morgan fingerprint density at radius 3 is 2.16 bits per heavy atom. The van der Waals surface area contributed by atoms with Crippen molar-refractivity contribution in [2.24, 2.45) is 5.73 Å². The van der Waals surface area contributed by atoms with Crippen molar-refractivity contribution >= 4 is 21.6 Å². The number of nitrogens with two attached hydrogens (primary N) is 1. The summed E-state index contributed by atoms with van der Waals surface area (Å²) in [4.78, 5) is 2.22. The molecular formula is C16H19BrN2. The average molecular weight is 319 g/mol. The molecule has 0 spiro atoms. The number of nitrogens with zero attached hydrogens (tertiary/aromatic N) is 1. The van der Waals surface area contributed by atoms with Crippen molar-refractivity contribution in [3.8, 4) is 0 Å². The van der Waals surface area contributed by atoms with Gasteiger partial charge in [-0.1, -0.05) is 45.8 Å². The molecule has 2 N–H and O–H groups in total. The molecule has 0 radical (unpaired) electrons. The van der Waals surface area contributed by atoms with Gasteiger partial charge in [0.15, 0.2) is 0 Å². The summed E-state index contributed by atoms with van der Waals surface area (Å²) in [5, 5.41) is 0. The van der Waals surface area contributed by atoms with Crippen LogP contribution in [0.4, 0.5) is 5.69 Å². The molecule has 0 saturated carbocycles. The van der Waals surface area contributed by atoms with Crippen LogP contribution in [0.25, 0.3) is 0 Å². The lowest BCUT2D eigenvalue weighted by Crippen LogP contribution is -2.30. The third kappa shape index (κ3) is 3.37. The normalized spacial score (nSPS) is 12.2. The van der Waals surface area contributed by atoms with Crippen molar-refractivity contribution in [3.63, 3.8) is 0 Å². The predicted molar refractivity (Wildman–Crippen MR) is 85.5 cm³/mol. The molecule has 0 aliphatic heterocycles. The molecule has 2 nitrogen and oxygen atoms in total. The van der Waals surface area contributed by atoms with Crippen LogP contribution in [0, 0.1) is 6.92 Å². The molecule has 0 bridgehead atoms. The Balaban J connectivity index is 2.26. The van der Waals surface area contributed by atoms with Crippen LogP contribution >= 0.6 is 15.9 Å². The maximum absolute atomic E-state index is 5.96. The van der Waals surface area contributed by atoms with Gasteiger partial charge in [-0.05, 0) is 36.8 Å². The first-order valence-electron chi connectivity index (χ1n) is 6.37. The summed E-state index contributed by atoms with van der Waals surface area (Å²) < 4.78 is 1.09. The van der Waals surface area contributed by atoms with Gasteiger partial charge < -0.3 is 10.6 Å². The number of halogens is 1. The number of benzene rings is 2. The van der Waals surface area contributed by atoms with Gasteiger partial charge in [0.2, 0.25) is 0 Å². The lowest BCUT2D eigenvalue weighted by atomic mass is 10.0. The van der Waals surface area contributed by atoms with Crippen molar-refractivity contribution in [1.29, 1.82) is 0 Å². The van der Waals surface area contributed by atoms with Crippen molar-refractivity contribution in [2.45, 2.75) is 13.0 Å². The van der Waals surface area contributed by atoms with Crippen molar-refractivity contribution < 1.29 is 0 Å². The zero-order valence-electron chi connectivity index (χ0n) is 11.3. The van der Waals surface area contributed by atoms with Crippen LogP contribution in [0.3, 0.4) is 0 Å². The van der Waals surface area contributed by atoms with Crippen LogP contribution in [-0.2, 0) is 0 Å². The molecule has 0 fully saturated rings. The predicted octanol–water partition coefficient (Wildman–Crippen LogP) is 3.89. The fourth-order valence-electron chi connectivity index (χ4n) is 2.16. The Labute approximate surface area is 123 Å². The van der Waals surface area contributed by atoms with Gasteiger partial charge in [0.25, 0.3) is 0 Å². The molecule has 0 heterocycles. The summed E-state index contributed by atoms with van der Waals surface area (Å²) in [7, 11) is 2.09. The van der Waals surface area contributed by atoms with E-state index < -0.39 is 0 Å². The van der Waals surface area contributed by atoms with E-state index in [9.17, 15) is 0 Å². The Hall–Kier alpha value is -1.32. The second-order valence-electron chi connectivity index (χ2n) is 4.75. The minimum atomic E-state index is 0.191. The minimum Gasteiger partial charge on any atom is -0.366 e. The Bertz CT molecular complexity index is 519. The van der Waals surface area contributed by atoms with E-state index in [2.05, 4.69) is 83.3 Å². The van der Waals surface area contributed by atoms with Crippen LogP contribution in [0.15, 0.2) is 53.0 Å². The molecular weight excluding hydrogens is 300 g/mol. The zero-order chi connectivity index (χ0) is 13.8. The van der Waals surface area contributed by atoms with E-state index >= 15 is 0 Å². The second-order valence-corrected chi connectivity index (χ2v) is 5.67. The topological polar surface area (TPSA) is 29.3 Å². The molecule has 0 amide bonds. The molecule has 2 rings (SSSR count). The largest absolute Gasteiger partial charge is 0.366 e. The van der Waals surface area contributed by atoms with Crippen LogP contribution in [0.1, 0.15) is 17.2 Å². The van der Waals surface area contributed by atoms with Crippen LogP contribution in [0.5, 0.6) is 0 Å². The number of aryl methyl sites for hydroxylation is 1. The number of likely N-dealkylation sites (N-methyl/N-ethyl adjacent to an activating group) is 1. The Morgan fingerprint density at radius 2 is 1.63 bits per heavy atom. The van der Waals surface area contributed by atoms with Crippen LogP contribution in [0.2, 0.25) is 0 Å². The quantitative estimate of drug-likeness (QED) is 0.926. The first-order chi connectivity index (χ1) is 9.11. The molecule has 2 aromatic rings. The molecule has 0 aliphatic rings. The molecule has 1 atom stereocenters. The van der Waals surface area contributed by atoms with Gasteiger partial charge in [0.1, 0.15) is 0 Å². The summed E-state index contributed by atoms with van der Waals surface area (Å²) in [6, 6.07) is 17.1. The number of anilines is 1. The van der Waals surface area contributed by atoms with E-state index in [1.807, 2.05) is 0 Å². The van der Waals surface area contributed by atoms with E-state index in [4.69, 9.17) is 5.73 Å². The Morgan fingerprint density at radius 1 is 1.05 bits per heavy atom. The maximum atomic E-state index is 5.96. The second kappa shape index (κ2) is 6.22. The molecule has 2 aromatic carbocycles. The monoisotopic (exact) mass is 318 g/mol. The summed E-state index contributed by atoms with van der Waals surface area (Å²) in [6.45, 7) is 2.69. The van der Waals surface area contributed by atoms with E-state index in [1.165, 1.54) is 16.8 Å². The highest BCUT2D eigenvalue weighted by molar-refractivity contribution is 9.10. The molecule has 100 valence electrons. The number of rotatable bonds is 4. The molecule has 0 aromatic heterocycles. The number of hydrogen-bond acceptors (Lipinski definition) is 2. The zero-order valence-corrected chi connectivity index (χ0v) is 12.9. The molecule has 1 unspecified atom stereocenters. The fourth-order valence-corrected chi connectivity index (χ4v) is 2.43. The van der Waals surface area contributed by atoms with Crippen molar-refractivity contribution in [2.75, 3.05) is 18.5 Å². The molecule has 3 heteroatoms. The molecule has 19 heavy (non-hydrogen) atoms. The standard InChI is InChI=1S/C16H19BrN2/c1-12-3-9-15(10-4-12)19(2)16(11-18)13-5-7-14(17)8-6-13/h3-10,16H,11,18H2,1-2H3. The SMILES string of the molecule is Cc1ccc(N(C)C(CN)c2ccc(Br)cc2)cc1. The highest BCUT2D eigenvalue weighted by Crippen LogP contribution is 2.26. The van der Waals surface area contributed by atoms with E-state index in [0.29, 0.717) is 6.54 Å². The average Bonchev–Trinajstić information content (AvgIpc) is 2.42. The molecule has 0 saturated heterocycles. The molecule has 0 aliphatic carbocycles. The summed E-state index contributed by atoms with van der Waals surface area (Å²) >= 11 is 3.46. The third-order valence-electron chi connectivity index (χ3n) is 3.39. The first-order valence-corrected chi connectivity index (χ1v) is 7.16. The van der Waals surface area contributed by atoms with E-state index in [0.717, 1.165) is 4.47 Å². The third-order valence-corrected chi connectivity index (χ3v) is 3.92. The first kappa shape index (κ1) is 14.1. The highest BCUT2D eigenvalue weighted by Gasteiger charge is 2.15. The van der Waals surface area contributed by atoms with Crippen LogP contribution in [-0.4, -0.2) is 13.6 Å². The van der Waals surface area contributed by atoms with Gasteiger partial charge in [-0.25, -0.2) is 0 Å². The van der Waals surface area contributed by atoms with E-state index in [-0.39, 0.29) is 6.04 Å². The van der Waals surface area contributed by atoms with Gasteiger partial charge in [-0.3, -0.25) is 0 Å². The minimum absolute atomic E-state index is 0.191. The van der Waals surface area contributed by atoms with E-state index in [1.54, 1.807) is 0 Å². The summed E-state index contributed by atoms with van der Waals surface area (Å²) in [5.74, 6) is 0. The van der Waals surface area contributed by atoms with Gasteiger partial charge >= 0.3 is 0 Å². The lowest BCUT2D eigenvalue weighted by molar-refractivity contribution is 0.680. The summed E-state index contributed by atoms with van der Waals surface area (Å²) in [5.41, 5.74) is 9.64. The smallest absolute Gasteiger partial charge is 0.0661 e. The van der Waals surface area contributed by atoms with Gasteiger partial charge in [0, 0.05) is 23.8 Å². The van der Waals surface area contributed by atoms with Crippen molar-refractivity contribution in [3.05, 3.63) is 64.1 Å². The Kier molecular flexibility index (Phi) is 4.61. The van der Waals surface area contributed by atoms with Gasteiger partial charge in [-0.15, -0.1) is 0 Å². The van der Waals surface area contributed by atoms with Crippen molar-refractivity contribution in [1.82, 2.24) is 0 Å². The van der Waals surface area contributed by atoms with Gasteiger partial charge in [-0.2, -0.15) is 0 Å². The van der Waals surface area contributed by atoms with Gasteiger partial charge in [0.05, 0.1) is 6.04 Å². The highest BCUT2D eigenvalue weighted by atomic mass is 79.9. The van der Waals surface area contributed by atoms with Crippen LogP contribution < -0.4 is 10.6 Å². The number of hydrogen-bond donors (Lipinski definition) is 1. The maximum Gasteiger partial charge on any atom is 0.0661 e.